The molecule has 0 radical (unpaired) electrons. The SMILES string of the molecule is C1=CCC(c2nc(-c3ccccc3)nc(-c3cccc4oc5ccc(-c6ccc7c(c6)c6ccccc6n7-c6cccc7oc8ccccc8c67)cc5c34)n2)C=C1. The van der Waals surface area contributed by atoms with Crippen molar-refractivity contribution in [2.75, 3.05) is 0 Å². The molecule has 0 amide bonds. The maximum Gasteiger partial charge on any atom is 0.164 e. The van der Waals surface area contributed by atoms with E-state index in [0.717, 1.165) is 95.1 Å². The van der Waals surface area contributed by atoms with E-state index in [2.05, 4.69) is 126 Å². The van der Waals surface area contributed by atoms with E-state index in [1.807, 2.05) is 54.6 Å². The fourth-order valence-corrected chi connectivity index (χ4v) is 8.71. The summed E-state index contributed by atoms with van der Waals surface area (Å²) < 4.78 is 15.2. The van der Waals surface area contributed by atoms with Gasteiger partial charge in [0, 0.05) is 44.0 Å². The molecule has 1 atom stereocenters. The zero-order chi connectivity index (χ0) is 37.5. The molecule has 268 valence electrons. The Bertz CT molecular complexity index is 3460. The number of allylic oxidation sites excluding steroid dienone is 4. The predicted molar refractivity (Wildman–Crippen MR) is 231 cm³/mol. The third-order valence-electron chi connectivity index (χ3n) is 11.4. The highest BCUT2D eigenvalue weighted by Gasteiger charge is 2.22. The standard InChI is InChI=1S/C51H32N4O2/c1-3-13-31(14-4-1)49-52-50(32-15-5-2-6-16-32)54-51(53-49)37-19-11-23-45-47(37)39-30-34(26-28-44(39)57-45)33-25-27-41-38(29-33)35-17-7-9-20-40(35)55(41)42-21-12-24-46-48(42)36-18-8-10-22-43(36)56-46/h1-15,17-30,32H,16H2. The lowest BCUT2D eigenvalue weighted by Crippen LogP contribution is -2.07. The first-order valence-electron chi connectivity index (χ1n) is 19.3. The van der Waals surface area contributed by atoms with Crippen molar-refractivity contribution in [2.45, 2.75) is 12.3 Å². The first-order valence-corrected chi connectivity index (χ1v) is 19.3. The Hall–Kier alpha value is -7.57. The van der Waals surface area contributed by atoms with E-state index in [9.17, 15) is 0 Å². The van der Waals surface area contributed by atoms with Gasteiger partial charge in [-0.2, -0.15) is 0 Å². The van der Waals surface area contributed by atoms with Gasteiger partial charge in [-0.3, -0.25) is 0 Å². The Morgan fingerprint density at radius 3 is 2.02 bits per heavy atom. The summed E-state index contributed by atoms with van der Waals surface area (Å²) in [4.78, 5) is 15.2. The molecule has 1 aliphatic rings. The van der Waals surface area contributed by atoms with Crippen molar-refractivity contribution in [3.63, 3.8) is 0 Å². The summed E-state index contributed by atoms with van der Waals surface area (Å²) >= 11 is 0. The lowest BCUT2D eigenvalue weighted by atomic mass is 9.98. The second kappa shape index (κ2) is 12.5. The van der Waals surface area contributed by atoms with Gasteiger partial charge in [0.25, 0.3) is 0 Å². The minimum Gasteiger partial charge on any atom is -0.456 e. The van der Waals surface area contributed by atoms with Crippen molar-refractivity contribution in [3.05, 3.63) is 182 Å². The highest BCUT2D eigenvalue weighted by molar-refractivity contribution is 6.16. The summed E-state index contributed by atoms with van der Waals surface area (Å²) in [5, 5.41) is 6.60. The van der Waals surface area contributed by atoms with Crippen LogP contribution >= 0.6 is 0 Å². The summed E-state index contributed by atoms with van der Waals surface area (Å²) in [6, 6.07) is 52.8. The van der Waals surface area contributed by atoms with Gasteiger partial charge >= 0.3 is 0 Å². The molecule has 1 aliphatic carbocycles. The number of nitrogens with zero attached hydrogens (tertiary/aromatic N) is 4. The molecule has 0 saturated heterocycles. The second-order valence-electron chi connectivity index (χ2n) is 14.7. The van der Waals surface area contributed by atoms with Crippen LogP contribution in [0.15, 0.2) is 185 Å². The van der Waals surface area contributed by atoms with Crippen LogP contribution in [0.2, 0.25) is 0 Å². The molecule has 0 bridgehead atoms. The predicted octanol–water partition coefficient (Wildman–Crippen LogP) is 13.4. The largest absolute Gasteiger partial charge is 0.456 e. The average molecular weight is 733 g/mol. The van der Waals surface area contributed by atoms with Crippen molar-refractivity contribution < 1.29 is 8.83 Å². The van der Waals surface area contributed by atoms with Crippen molar-refractivity contribution in [3.8, 4) is 39.6 Å². The van der Waals surface area contributed by atoms with E-state index in [0.29, 0.717) is 11.6 Å². The molecule has 12 rings (SSSR count). The van der Waals surface area contributed by atoms with Gasteiger partial charge in [0.05, 0.1) is 22.1 Å². The van der Waals surface area contributed by atoms with E-state index < -0.39 is 0 Å². The van der Waals surface area contributed by atoms with E-state index in [1.165, 1.54) is 10.8 Å². The Morgan fingerprint density at radius 2 is 1.16 bits per heavy atom. The number of fused-ring (bicyclic) bond motifs is 9. The maximum absolute atomic E-state index is 6.50. The van der Waals surface area contributed by atoms with Crippen molar-refractivity contribution in [1.29, 1.82) is 0 Å². The molecule has 4 aromatic heterocycles. The molecule has 57 heavy (non-hydrogen) atoms. The first-order chi connectivity index (χ1) is 28.2. The summed E-state index contributed by atoms with van der Waals surface area (Å²) in [5.41, 5.74) is 10.9. The second-order valence-corrected chi connectivity index (χ2v) is 14.7. The molecule has 0 fully saturated rings. The van der Waals surface area contributed by atoms with E-state index in [1.54, 1.807) is 0 Å². The van der Waals surface area contributed by atoms with Gasteiger partial charge in [-0.15, -0.1) is 0 Å². The third-order valence-corrected chi connectivity index (χ3v) is 11.4. The van der Waals surface area contributed by atoms with Crippen LogP contribution in [-0.2, 0) is 0 Å². The molecule has 1 unspecified atom stereocenters. The average Bonchev–Trinajstić information content (AvgIpc) is 3.96. The van der Waals surface area contributed by atoms with Crippen LogP contribution in [0.5, 0.6) is 0 Å². The van der Waals surface area contributed by atoms with Crippen LogP contribution in [0.25, 0.3) is 105 Å². The van der Waals surface area contributed by atoms with Crippen molar-refractivity contribution in [1.82, 2.24) is 19.5 Å². The van der Waals surface area contributed by atoms with Gasteiger partial charge in [-0.05, 0) is 72.1 Å². The van der Waals surface area contributed by atoms with Gasteiger partial charge in [0.15, 0.2) is 11.6 Å². The molecule has 4 heterocycles. The highest BCUT2D eigenvalue weighted by atomic mass is 16.3. The Balaban J connectivity index is 1.03. The van der Waals surface area contributed by atoms with Gasteiger partial charge in [-0.25, -0.2) is 15.0 Å². The lowest BCUT2D eigenvalue weighted by Gasteiger charge is -2.14. The van der Waals surface area contributed by atoms with Crippen LogP contribution in [0, 0.1) is 0 Å². The molecular weight excluding hydrogens is 701 g/mol. The number of hydrogen-bond donors (Lipinski definition) is 0. The van der Waals surface area contributed by atoms with Crippen LogP contribution in [0.4, 0.5) is 0 Å². The molecule has 0 aliphatic heterocycles. The summed E-state index contributed by atoms with van der Waals surface area (Å²) in [5.74, 6) is 2.12. The number of benzene rings is 7. The number of furan rings is 2. The van der Waals surface area contributed by atoms with Crippen LogP contribution in [-0.4, -0.2) is 19.5 Å². The minimum absolute atomic E-state index is 0.0685. The van der Waals surface area contributed by atoms with Crippen LogP contribution < -0.4 is 0 Å². The number of rotatable bonds is 5. The Kier molecular flexibility index (Phi) is 6.95. The molecular formula is C51H32N4O2. The minimum atomic E-state index is 0.0685. The fourth-order valence-electron chi connectivity index (χ4n) is 8.71. The van der Waals surface area contributed by atoms with Crippen molar-refractivity contribution in [2.24, 2.45) is 0 Å². The number of hydrogen-bond acceptors (Lipinski definition) is 5. The van der Waals surface area contributed by atoms with Crippen molar-refractivity contribution >= 4 is 65.7 Å². The number of para-hydroxylation sites is 2. The van der Waals surface area contributed by atoms with E-state index in [-0.39, 0.29) is 5.92 Å². The summed E-state index contributed by atoms with van der Waals surface area (Å²) in [6.45, 7) is 0. The molecule has 6 nitrogen and oxygen atoms in total. The third kappa shape index (κ3) is 5.00. The molecule has 6 heteroatoms. The van der Waals surface area contributed by atoms with Gasteiger partial charge in [0.2, 0.25) is 0 Å². The fraction of sp³-hybridized carbons (Fsp3) is 0.0392. The Morgan fingerprint density at radius 1 is 0.474 bits per heavy atom. The van der Waals surface area contributed by atoms with Crippen LogP contribution in [0.3, 0.4) is 0 Å². The molecule has 0 spiro atoms. The molecule has 7 aromatic carbocycles. The zero-order valence-electron chi connectivity index (χ0n) is 30.6. The maximum atomic E-state index is 6.50. The molecule has 0 N–H and O–H groups in total. The normalized spacial score (nSPS) is 14.3. The summed E-state index contributed by atoms with van der Waals surface area (Å²) in [6.07, 6.45) is 9.32. The monoisotopic (exact) mass is 732 g/mol. The quantitative estimate of drug-likeness (QED) is 0.176. The first kappa shape index (κ1) is 31.7. The lowest BCUT2D eigenvalue weighted by molar-refractivity contribution is 0.668. The van der Waals surface area contributed by atoms with Gasteiger partial charge < -0.3 is 13.4 Å². The van der Waals surface area contributed by atoms with E-state index >= 15 is 0 Å². The molecule has 11 aromatic rings. The zero-order valence-corrected chi connectivity index (χ0v) is 30.6. The summed E-state index contributed by atoms with van der Waals surface area (Å²) in [7, 11) is 0. The van der Waals surface area contributed by atoms with E-state index in [4.69, 9.17) is 23.8 Å². The van der Waals surface area contributed by atoms with Gasteiger partial charge in [0.1, 0.15) is 28.2 Å². The van der Waals surface area contributed by atoms with Crippen LogP contribution in [0.1, 0.15) is 18.2 Å². The number of aromatic nitrogens is 4. The Labute approximate surface area is 326 Å². The topological polar surface area (TPSA) is 69.9 Å². The molecule has 0 saturated carbocycles. The smallest absolute Gasteiger partial charge is 0.164 e. The highest BCUT2D eigenvalue weighted by Crippen LogP contribution is 2.42. The van der Waals surface area contributed by atoms with Gasteiger partial charge in [-0.1, -0.05) is 121 Å².